The van der Waals surface area contributed by atoms with E-state index in [2.05, 4.69) is 0 Å². The molecule has 5 nitrogen and oxygen atoms in total. The normalized spacial score (nSPS) is 27.8. The standard InChI is InChI=1S/C14H15NO4/c16-13(17)12-10-6-11(12)15(7-10)14(18)19-8-9-4-2-1-3-5-9/h1-5,10-12H,6-8H2,(H,16,17)/t10-,11-,12-/m1/s1. The third kappa shape index (κ3) is 2.05. The maximum absolute atomic E-state index is 11.9. The lowest BCUT2D eigenvalue weighted by Gasteiger charge is -2.32. The Balaban J connectivity index is 1.56. The predicted molar refractivity (Wildman–Crippen MR) is 66.4 cm³/mol. The van der Waals surface area contributed by atoms with E-state index in [4.69, 9.17) is 9.84 Å². The fourth-order valence-electron chi connectivity index (χ4n) is 3.00. The van der Waals surface area contributed by atoms with E-state index in [0.29, 0.717) is 6.54 Å². The van der Waals surface area contributed by atoms with Crippen LogP contribution in [0.5, 0.6) is 0 Å². The molecule has 1 aliphatic carbocycles. The highest BCUT2D eigenvalue weighted by Crippen LogP contribution is 2.46. The van der Waals surface area contributed by atoms with Gasteiger partial charge in [-0.1, -0.05) is 30.3 Å². The summed E-state index contributed by atoms with van der Waals surface area (Å²) in [4.78, 5) is 24.5. The molecular weight excluding hydrogens is 246 g/mol. The first-order valence-corrected chi connectivity index (χ1v) is 6.37. The van der Waals surface area contributed by atoms with Gasteiger partial charge in [-0.15, -0.1) is 0 Å². The van der Waals surface area contributed by atoms with Crippen LogP contribution in [0, 0.1) is 11.8 Å². The molecule has 2 aliphatic heterocycles. The molecule has 3 atom stereocenters. The van der Waals surface area contributed by atoms with E-state index < -0.39 is 18.0 Å². The lowest BCUT2D eigenvalue weighted by atomic mass is 9.74. The van der Waals surface area contributed by atoms with Crippen molar-refractivity contribution in [2.45, 2.75) is 19.1 Å². The zero-order valence-electron chi connectivity index (χ0n) is 10.4. The van der Waals surface area contributed by atoms with Crippen LogP contribution in [0.25, 0.3) is 0 Å². The van der Waals surface area contributed by atoms with Gasteiger partial charge in [0.25, 0.3) is 0 Å². The van der Waals surface area contributed by atoms with E-state index >= 15 is 0 Å². The van der Waals surface area contributed by atoms with Gasteiger partial charge in [-0.05, 0) is 17.9 Å². The number of fused-ring (bicyclic) bond motifs is 1. The molecule has 0 aromatic heterocycles. The third-order valence-corrected chi connectivity index (χ3v) is 4.02. The fraction of sp³-hybridized carbons (Fsp3) is 0.429. The molecule has 1 aromatic rings. The molecule has 0 radical (unpaired) electrons. The molecule has 4 rings (SSSR count). The van der Waals surface area contributed by atoms with Gasteiger partial charge in [0.2, 0.25) is 0 Å². The number of hydrogen-bond donors (Lipinski definition) is 1. The smallest absolute Gasteiger partial charge is 0.410 e. The van der Waals surface area contributed by atoms with Crippen LogP contribution in [-0.2, 0) is 16.1 Å². The SMILES string of the molecule is O=C(O)[C@@H]1[C@@H]2C[C@H]1N(C(=O)OCc1ccccc1)C2. The number of aliphatic carboxylic acids is 1. The molecule has 2 bridgehead atoms. The van der Waals surface area contributed by atoms with Crippen LogP contribution in [-0.4, -0.2) is 34.7 Å². The first-order valence-electron chi connectivity index (χ1n) is 6.37. The highest BCUT2D eigenvalue weighted by molar-refractivity contribution is 5.77. The Morgan fingerprint density at radius 2 is 2.05 bits per heavy atom. The molecule has 0 spiro atoms. The number of hydrogen-bond acceptors (Lipinski definition) is 3. The van der Waals surface area contributed by atoms with Gasteiger partial charge in [0.05, 0.1) is 5.92 Å². The summed E-state index contributed by atoms with van der Waals surface area (Å²) in [6, 6.07) is 9.27. The first kappa shape index (κ1) is 12.0. The number of carboxylic acids is 1. The number of benzene rings is 1. The van der Waals surface area contributed by atoms with E-state index in [9.17, 15) is 9.59 Å². The van der Waals surface area contributed by atoms with E-state index in [1.165, 1.54) is 0 Å². The van der Waals surface area contributed by atoms with Gasteiger partial charge in [-0.25, -0.2) is 4.79 Å². The summed E-state index contributed by atoms with van der Waals surface area (Å²) in [6.07, 6.45) is 0.386. The minimum Gasteiger partial charge on any atom is -0.481 e. The summed E-state index contributed by atoms with van der Waals surface area (Å²) in [6.45, 7) is 0.737. The van der Waals surface area contributed by atoms with Crippen molar-refractivity contribution in [3.05, 3.63) is 35.9 Å². The van der Waals surface area contributed by atoms with Gasteiger partial charge in [-0.2, -0.15) is 0 Å². The molecule has 2 saturated heterocycles. The van der Waals surface area contributed by atoms with E-state index in [0.717, 1.165) is 12.0 Å². The highest BCUT2D eigenvalue weighted by Gasteiger charge is 2.57. The number of carbonyl (C=O) groups excluding carboxylic acids is 1. The molecule has 3 aliphatic rings. The van der Waals surface area contributed by atoms with Gasteiger partial charge in [-0.3, -0.25) is 4.79 Å². The average molecular weight is 261 g/mol. The molecule has 1 amide bonds. The van der Waals surface area contributed by atoms with Crippen molar-refractivity contribution in [1.82, 2.24) is 4.90 Å². The number of nitrogens with zero attached hydrogens (tertiary/aromatic N) is 1. The minimum absolute atomic E-state index is 0.103. The van der Waals surface area contributed by atoms with Crippen LogP contribution >= 0.6 is 0 Å². The van der Waals surface area contributed by atoms with Gasteiger partial charge in [0.15, 0.2) is 0 Å². The van der Waals surface area contributed by atoms with Crippen LogP contribution in [0.1, 0.15) is 12.0 Å². The summed E-state index contributed by atoms with van der Waals surface area (Å²) in [5.41, 5.74) is 0.928. The molecule has 0 unspecified atom stereocenters. The molecule has 1 aromatic carbocycles. The number of ether oxygens (including phenoxy) is 1. The Bertz CT molecular complexity index is 501. The summed E-state index contributed by atoms with van der Waals surface area (Å²) >= 11 is 0. The molecular formula is C14H15NO4. The van der Waals surface area contributed by atoms with Gasteiger partial charge in [0, 0.05) is 12.6 Å². The monoisotopic (exact) mass is 261 g/mol. The molecule has 1 saturated carbocycles. The van der Waals surface area contributed by atoms with Crippen molar-refractivity contribution in [2.75, 3.05) is 6.54 Å². The Morgan fingerprint density at radius 3 is 2.68 bits per heavy atom. The Morgan fingerprint density at radius 1 is 1.32 bits per heavy atom. The second-order valence-corrected chi connectivity index (χ2v) is 5.12. The van der Waals surface area contributed by atoms with E-state index in [1.54, 1.807) is 4.90 Å². The number of rotatable bonds is 3. The summed E-state index contributed by atoms with van der Waals surface area (Å²) in [7, 11) is 0. The summed E-state index contributed by atoms with van der Waals surface area (Å²) in [5.74, 6) is -1.10. The van der Waals surface area contributed by atoms with Crippen molar-refractivity contribution in [2.24, 2.45) is 11.8 Å². The zero-order valence-corrected chi connectivity index (χ0v) is 10.4. The maximum Gasteiger partial charge on any atom is 0.410 e. The van der Waals surface area contributed by atoms with E-state index in [-0.39, 0.29) is 18.6 Å². The minimum atomic E-state index is -0.806. The van der Waals surface area contributed by atoms with Crippen LogP contribution in [0.15, 0.2) is 30.3 Å². The lowest BCUT2D eigenvalue weighted by molar-refractivity contribution is -0.147. The van der Waals surface area contributed by atoms with Crippen molar-refractivity contribution < 1.29 is 19.4 Å². The van der Waals surface area contributed by atoms with E-state index in [1.807, 2.05) is 30.3 Å². The van der Waals surface area contributed by atoms with Crippen molar-refractivity contribution in [1.29, 1.82) is 0 Å². The third-order valence-electron chi connectivity index (χ3n) is 4.02. The fourth-order valence-corrected chi connectivity index (χ4v) is 3.00. The molecule has 1 N–H and O–H groups in total. The van der Waals surface area contributed by atoms with Crippen molar-refractivity contribution >= 4 is 12.1 Å². The molecule has 2 heterocycles. The zero-order chi connectivity index (χ0) is 13.4. The van der Waals surface area contributed by atoms with Crippen LogP contribution in [0.2, 0.25) is 0 Å². The molecule has 19 heavy (non-hydrogen) atoms. The van der Waals surface area contributed by atoms with Crippen LogP contribution in [0.3, 0.4) is 0 Å². The van der Waals surface area contributed by atoms with Gasteiger partial charge < -0.3 is 14.7 Å². The molecule has 100 valence electrons. The summed E-state index contributed by atoms with van der Waals surface area (Å²) < 4.78 is 5.23. The predicted octanol–water partition coefficient (Wildman–Crippen LogP) is 1.73. The Hall–Kier alpha value is -2.04. The Labute approximate surface area is 110 Å². The van der Waals surface area contributed by atoms with Crippen molar-refractivity contribution in [3.63, 3.8) is 0 Å². The second kappa shape index (κ2) is 4.57. The number of carbonyl (C=O) groups is 2. The first-order chi connectivity index (χ1) is 9.16. The van der Waals surface area contributed by atoms with Crippen molar-refractivity contribution in [3.8, 4) is 0 Å². The largest absolute Gasteiger partial charge is 0.481 e. The molecule has 3 fully saturated rings. The topological polar surface area (TPSA) is 66.8 Å². The maximum atomic E-state index is 11.9. The highest BCUT2D eigenvalue weighted by atomic mass is 16.6. The average Bonchev–Trinajstić information content (AvgIpc) is 2.95. The van der Waals surface area contributed by atoms with Crippen LogP contribution in [0.4, 0.5) is 4.79 Å². The quantitative estimate of drug-likeness (QED) is 0.899. The molecule has 5 heteroatoms. The summed E-state index contributed by atoms with van der Waals surface area (Å²) in [5, 5.41) is 9.04. The lowest BCUT2D eigenvalue weighted by Crippen LogP contribution is -2.45. The van der Waals surface area contributed by atoms with Crippen LogP contribution < -0.4 is 0 Å². The Kier molecular flexibility index (Phi) is 2.89. The van der Waals surface area contributed by atoms with Gasteiger partial charge in [0.1, 0.15) is 6.61 Å². The second-order valence-electron chi connectivity index (χ2n) is 5.12. The number of amides is 1. The van der Waals surface area contributed by atoms with Gasteiger partial charge >= 0.3 is 12.1 Å². The number of carboxylic acid groups (broad SMARTS) is 1.